The fraction of sp³-hybridized carbons (Fsp3) is 0.474. The van der Waals surface area contributed by atoms with Crippen LogP contribution in [0.15, 0.2) is 29.2 Å². The van der Waals surface area contributed by atoms with Crippen LogP contribution < -0.4 is 15.5 Å². The van der Waals surface area contributed by atoms with Gasteiger partial charge in [0.2, 0.25) is 5.91 Å². The smallest absolute Gasteiger partial charge is 0.321 e. The molecule has 1 atom stereocenters. The molecule has 1 aliphatic heterocycles. The SMILES string of the molecule is CSc1cccc(N2C[C@@H](C(=O)OCC(=O)NC(=O)NC(C)(C)C)CC2=O)c1. The van der Waals surface area contributed by atoms with Crippen molar-refractivity contribution in [3.8, 4) is 0 Å². The number of nitrogens with zero attached hydrogens (tertiary/aromatic N) is 1. The number of hydrogen-bond acceptors (Lipinski definition) is 6. The topological polar surface area (TPSA) is 105 Å². The fourth-order valence-electron chi connectivity index (χ4n) is 2.68. The summed E-state index contributed by atoms with van der Waals surface area (Å²) in [5.41, 5.74) is 0.228. The Labute approximate surface area is 168 Å². The zero-order valence-corrected chi connectivity index (χ0v) is 17.2. The largest absolute Gasteiger partial charge is 0.455 e. The molecule has 8 nitrogen and oxygen atoms in total. The van der Waals surface area contributed by atoms with Crippen molar-refractivity contribution >= 4 is 41.3 Å². The Morgan fingerprint density at radius 1 is 1.29 bits per heavy atom. The maximum Gasteiger partial charge on any atom is 0.321 e. The molecule has 28 heavy (non-hydrogen) atoms. The predicted molar refractivity (Wildman–Crippen MR) is 106 cm³/mol. The van der Waals surface area contributed by atoms with Crippen molar-refractivity contribution in [1.82, 2.24) is 10.6 Å². The van der Waals surface area contributed by atoms with Gasteiger partial charge in [0.15, 0.2) is 6.61 Å². The Kier molecular flexibility index (Phi) is 7.06. The third kappa shape index (κ3) is 6.26. The number of hydrogen-bond donors (Lipinski definition) is 2. The summed E-state index contributed by atoms with van der Waals surface area (Å²) in [5, 5.41) is 4.66. The van der Waals surface area contributed by atoms with Crippen molar-refractivity contribution in [3.63, 3.8) is 0 Å². The van der Waals surface area contributed by atoms with E-state index in [1.54, 1.807) is 37.4 Å². The number of esters is 1. The predicted octanol–water partition coefficient (Wildman–Crippen LogP) is 1.93. The van der Waals surface area contributed by atoms with Crippen LogP contribution in [0.25, 0.3) is 0 Å². The molecule has 1 aromatic rings. The summed E-state index contributed by atoms with van der Waals surface area (Å²) >= 11 is 1.56. The average molecular weight is 407 g/mol. The summed E-state index contributed by atoms with van der Waals surface area (Å²) in [6.45, 7) is 4.93. The number of anilines is 1. The number of nitrogens with one attached hydrogen (secondary N) is 2. The van der Waals surface area contributed by atoms with E-state index in [1.807, 2.05) is 30.5 Å². The second-order valence-corrected chi connectivity index (χ2v) is 8.35. The van der Waals surface area contributed by atoms with Gasteiger partial charge in [0.1, 0.15) is 0 Å². The molecular formula is C19H25N3O5S. The third-order valence-corrected chi connectivity index (χ3v) is 4.64. The lowest BCUT2D eigenvalue weighted by Gasteiger charge is -2.20. The van der Waals surface area contributed by atoms with E-state index >= 15 is 0 Å². The molecule has 1 heterocycles. The van der Waals surface area contributed by atoms with Crippen LogP contribution in [0.1, 0.15) is 27.2 Å². The van der Waals surface area contributed by atoms with Crippen molar-refractivity contribution in [2.45, 2.75) is 37.6 Å². The monoisotopic (exact) mass is 407 g/mol. The van der Waals surface area contributed by atoms with E-state index in [9.17, 15) is 19.2 Å². The number of urea groups is 1. The minimum atomic E-state index is -0.732. The van der Waals surface area contributed by atoms with Gasteiger partial charge >= 0.3 is 12.0 Å². The first-order chi connectivity index (χ1) is 13.1. The summed E-state index contributed by atoms with van der Waals surface area (Å²) in [7, 11) is 0. The van der Waals surface area contributed by atoms with Gasteiger partial charge in [-0.05, 0) is 45.2 Å². The van der Waals surface area contributed by atoms with Gasteiger partial charge in [-0.3, -0.25) is 19.7 Å². The molecule has 0 unspecified atom stereocenters. The molecule has 2 N–H and O–H groups in total. The molecule has 2 rings (SSSR count). The van der Waals surface area contributed by atoms with Crippen LogP contribution in [-0.2, 0) is 19.1 Å². The Morgan fingerprint density at radius 3 is 2.64 bits per heavy atom. The van der Waals surface area contributed by atoms with Gasteiger partial charge in [0.05, 0.1) is 5.92 Å². The molecule has 0 bridgehead atoms. The number of thioether (sulfide) groups is 1. The lowest BCUT2D eigenvalue weighted by molar-refractivity contribution is -0.152. The Hall–Kier alpha value is -2.55. The summed E-state index contributed by atoms with van der Waals surface area (Å²) in [4.78, 5) is 50.4. The highest BCUT2D eigenvalue weighted by Crippen LogP contribution is 2.28. The van der Waals surface area contributed by atoms with Crippen molar-refractivity contribution in [2.24, 2.45) is 5.92 Å². The highest BCUT2D eigenvalue weighted by molar-refractivity contribution is 7.98. The van der Waals surface area contributed by atoms with Crippen LogP contribution >= 0.6 is 11.8 Å². The first-order valence-electron chi connectivity index (χ1n) is 8.82. The van der Waals surface area contributed by atoms with Crippen molar-refractivity contribution in [2.75, 3.05) is 24.3 Å². The maximum atomic E-state index is 12.3. The minimum Gasteiger partial charge on any atom is -0.455 e. The lowest BCUT2D eigenvalue weighted by Crippen LogP contribution is -2.49. The van der Waals surface area contributed by atoms with Gasteiger partial charge in [0, 0.05) is 29.1 Å². The number of carbonyl (C=O) groups is 4. The molecule has 1 fully saturated rings. The van der Waals surface area contributed by atoms with Crippen LogP contribution in [0.5, 0.6) is 0 Å². The zero-order chi connectivity index (χ0) is 20.9. The van der Waals surface area contributed by atoms with Gasteiger partial charge in [-0.1, -0.05) is 6.07 Å². The van der Waals surface area contributed by atoms with Crippen LogP contribution in [0.3, 0.4) is 0 Å². The summed E-state index contributed by atoms with van der Waals surface area (Å²) < 4.78 is 4.98. The normalized spacial score (nSPS) is 16.6. The number of benzene rings is 1. The average Bonchev–Trinajstić information content (AvgIpc) is 3.00. The molecule has 0 aliphatic carbocycles. The van der Waals surface area contributed by atoms with Crippen molar-refractivity contribution in [1.29, 1.82) is 0 Å². The number of ether oxygens (including phenoxy) is 1. The Balaban J connectivity index is 1.85. The number of carbonyl (C=O) groups excluding carboxylic acids is 4. The van der Waals surface area contributed by atoms with E-state index < -0.39 is 36.0 Å². The molecule has 1 aliphatic rings. The van der Waals surface area contributed by atoms with E-state index in [4.69, 9.17) is 4.74 Å². The van der Waals surface area contributed by atoms with E-state index in [0.29, 0.717) is 0 Å². The third-order valence-electron chi connectivity index (χ3n) is 3.91. The molecule has 0 saturated carbocycles. The molecule has 1 saturated heterocycles. The summed E-state index contributed by atoms with van der Waals surface area (Å²) in [6, 6.07) is 6.83. The minimum absolute atomic E-state index is 0.0223. The highest BCUT2D eigenvalue weighted by atomic mass is 32.2. The van der Waals surface area contributed by atoms with Crippen molar-refractivity contribution in [3.05, 3.63) is 24.3 Å². The number of rotatable bonds is 5. The quantitative estimate of drug-likeness (QED) is 0.571. The first kappa shape index (κ1) is 21.7. The molecule has 9 heteroatoms. The first-order valence-corrected chi connectivity index (χ1v) is 10.0. The molecule has 4 amide bonds. The van der Waals surface area contributed by atoms with Gasteiger partial charge in [-0.15, -0.1) is 11.8 Å². The van der Waals surface area contributed by atoms with Crippen LogP contribution in [0, 0.1) is 5.92 Å². The molecule has 0 radical (unpaired) electrons. The standard InChI is InChI=1S/C19H25N3O5S/c1-19(2,3)21-18(26)20-15(23)11-27-17(25)12-8-16(24)22(10-12)13-6-5-7-14(9-13)28-4/h5-7,9,12H,8,10-11H2,1-4H3,(H2,20,21,23,26)/t12-/m0/s1. The van der Waals surface area contributed by atoms with Gasteiger partial charge < -0.3 is 15.0 Å². The Morgan fingerprint density at radius 2 is 2.00 bits per heavy atom. The van der Waals surface area contributed by atoms with Crippen LogP contribution in [0.4, 0.5) is 10.5 Å². The van der Waals surface area contributed by atoms with Gasteiger partial charge in [0.25, 0.3) is 5.91 Å². The molecule has 1 aromatic carbocycles. The number of amides is 4. The second-order valence-electron chi connectivity index (χ2n) is 7.47. The molecule has 0 spiro atoms. The van der Waals surface area contributed by atoms with E-state index in [-0.39, 0.29) is 18.9 Å². The number of imide groups is 1. The van der Waals surface area contributed by atoms with E-state index in [0.717, 1.165) is 10.6 Å². The Bertz CT molecular complexity index is 775. The highest BCUT2D eigenvalue weighted by Gasteiger charge is 2.36. The van der Waals surface area contributed by atoms with Gasteiger partial charge in [-0.2, -0.15) is 0 Å². The van der Waals surface area contributed by atoms with Crippen LogP contribution in [0.2, 0.25) is 0 Å². The van der Waals surface area contributed by atoms with E-state index in [2.05, 4.69) is 10.6 Å². The fourth-order valence-corrected chi connectivity index (χ4v) is 3.14. The zero-order valence-electron chi connectivity index (χ0n) is 16.4. The summed E-state index contributed by atoms with van der Waals surface area (Å²) in [6.07, 6.45) is 1.96. The van der Waals surface area contributed by atoms with Crippen LogP contribution in [-0.4, -0.2) is 48.8 Å². The molecular weight excluding hydrogens is 382 g/mol. The van der Waals surface area contributed by atoms with Crippen molar-refractivity contribution < 1.29 is 23.9 Å². The van der Waals surface area contributed by atoms with E-state index in [1.165, 1.54) is 0 Å². The lowest BCUT2D eigenvalue weighted by atomic mass is 10.1. The summed E-state index contributed by atoms with van der Waals surface area (Å²) in [5.74, 6) is -2.19. The second kappa shape index (κ2) is 9.09. The molecule has 152 valence electrons. The maximum absolute atomic E-state index is 12.3. The van der Waals surface area contributed by atoms with Gasteiger partial charge in [-0.25, -0.2) is 4.79 Å². The molecule has 0 aromatic heterocycles.